The molecule has 0 radical (unpaired) electrons. The zero-order chi connectivity index (χ0) is 11.1. The first-order valence-electron chi connectivity index (χ1n) is 5.66. The summed E-state index contributed by atoms with van der Waals surface area (Å²) in [5, 5.41) is 0. The molecule has 1 aromatic rings. The van der Waals surface area contributed by atoms with Crippen LogP contribution in [0.3, 0.4) is 0 Å². The van der Waals surface area contributed by atoms with Crippen LogP contribution in [0.5, 0.6) is 0 Å². The first-order valence-corrected chi connectivity index (χ1v) is 5.66. The average molecular weight is 206 g/mol. The average Bonchev–Trinajstić information content (AvgIpc) is 2.25. The van der Waals surface area contributed by atoms with Crippen molar-refractivity contribution >= 4 is 0 Å². The van der Waals surface area contributed by atoms with Gasteiger partial charge in [0.25, 0.3) is 0 Å². The summed E-state index contributed by atoms with van der Waals surface area (Å²) in [6.07, 6.45) is 2.20. The van der Waals surface area contributed by atoms with Crippen molar-refractivity contribution in [2.24, 2.45) is 5.73 Å². The summed E-state index contributed by atoms with van der Waals surface area (Å²) < 4.78 is 0. The molecule has 2 nitrogen and oxygen atoms in total. The van der Waals surface area contributed by atoms with Gasteiger partial charge in [-0.05, 0) is 38.9 Å². The van der Waals surface area contributed by atoms with Gasteiger partial charge in [-0.2, -0.15) is 0 Å². The molecule has 1 atom stereocenters. The Morgan fingerprint density at radius 1 is 1.20 bits per heavy atom. The molecule has 0 fully saturated rings. The lowest BCUT2D eigenvalue weighted by atomic mass is 10.1. The Morgan fingerprint density at radius 2 is 1.87 bits per heavy atom. The van der Waals surface area contributed by atoms with Gasteiger partial charge in [0, 0.05) is 12.6 Å². The molecule has 1 aromatic carbocycles. The number of rotatable bonds is 6. The monoisotopic (exact) mass is 206 g/mol. The maximum atomic E-state index is 5.72. The van der Waals surface area contributed by atoms with E-state index in [1.807, 2.05) is 0 Å². The van der Waals surface area contributed by atoms with E-state index in [1.54, 1.807) is 0 Å². The topological polar surface area (TPSA) is 29.3 Å². The maximum Gasteiger partial charge on any atom is 0.00226 e. The predicted octanol–water partition coefficient (Wildman–Crippen LogP) is 1.90. The van der Waals surface area contributed by atoms with Crippen molar-refractivity contribution in [1.29, 1.82) is 0 Å². The summed E-state index contributed by atoms with van der Waals surface area (Å²) in [5.74, 6) is 0. The Hall–Kier alpha value is -0.860. The second-order valence-corrected chi connectivity index (χ2v) is 4.30. The Kier molecular flexibility index (Phi) is 5.37. The van der Waals surface area contributed by atoms with E-state index >= 15 is 0 Å². The molecule has 0 aliphatic carbocycles. The molecule has 15 heavy (non-hydrogen) atoms. The van der Waals surface area contributed by atoms with Crippen molar-refractivity contribution in [3.05, 3.63) is 35.9 Å². The van der Waals surface area contributed by atoms with Gasteiger partial charge in [-0.25, -0.2) is 0 Å². The zero-order valence-corrected chi connectivity index (χ0v) is 9.82. The first kappa shape index (κ1) is 12.2. The van der Waals surface area contributed by atoms with Gasteiger partial charge in [0.05, 0.1) is 0 Å². The third-order valence-electron chi connectivity index (χ3n) is 2.59. The van der Waals surface area contributed by atoms with Gasteiger partial charge in [-0.1, -0.05) is 30.3 Å². The van der Waals surface area contributed by atoms with E-state index in [1.165, 1.54) is 5.56 Å². The minimum atomic E-state index is 0.309. The van der Waals surface area contributed by atoms with Gasteiger partial charge in [0.1, 0.15) is 0 Å². The fourth-order valence-corrected chi connectivity index (χ4v) is 1.50. The van der Waals surface area contributed by atoms with Gasteiger partial charge in [0.15, 0.2) is 0 Å². The van der Waals surface area contributed by atoms with Crippen LogP contribution >= 0.6 is 0 Å². The Balaban J connectivity index is 2.19. The van der Waals surface area contributed by atoms with E-state index in [4.69, 9.17) is 5.73 Å². The molecule has 2 heteroatoms. The number of benzene rings is 1. The second kappa shape index (κ2) is 6.59. The highest BCUT2D eigenvalue weighted by molar-refractivity contribution is 5.14. The molecule has 0 unspecified atom stereocenters. The van der Waals surface area contributed by atoms with Crippen LogP contribution in [0.25, 0.3) is 0 Å². The second-order valence-electron chi connectivity index (χ2n) is 4.30. The lowest BCUT2D eigenvalue weighted by molar-refractivity contribution is 0.324. The molecular formula is C13H22N2. The van der Waals surface area contributed by atoms with Crippen LogP contribution in [0.2, 0.25) is 0 Å². The fraction of sp³-hybridized carbons (Fsp3) is 0.538. The van der Waals surface area contributed by atoms with E-state index < -0.39 is 0 Å². The van der Waals surface area contributed by atoms with Gasteiger partial charge >= 0.3 is 0 Å². The largest absolute Gasteiger partial charge is 0.328 e. The third kappa shape index (κ3) is 5.55. The van der Waals surface area contributed by atoms with E-state index in [9.17, 15) is 0 Å². The molecule has 0 saturated heterocycles. The number of hydrogen-bond donors (Lipinski definition) is 1. The highest BCUT2D eigenvalue weighted by Gasteiger charge is 2.00. The summed E-state index contributed by atoms with van der Waals surface area (Å²) in [5.41, 5.74) is 7.13. The molecule has 2 N–H and O–H groups in total. The van der Waals surface area contributed by atoms with Gasteiger partial charge in [-0.3, -0.25) is 0 Å². The maximum absolute atomic E-state index is 5.72. The SMILES string of the molecule is C[C@H](N)CCN(C)CCc1ccccc1. The van der Waals surface area contributed by atoms with Crippen LogP contribution in [-0.4, -0.2) is 31.1 Å². The Labute approximate surface area is 93.1 Å². The summed E-state index contributed by atoms with van der Waals surface area (Å²) in [6, 6.07) is 10.9. The number of nitrogens with zero attached hydrogens (tertiary/aromatic N) is 1. The van der Waals surface area contributed by atoms with E-state index in [-0.39, 0.29) is 0 Å². The highest BCUT2D eigenvalue weighted by Crippen LogP contribution is 2.01. The van der Waals surface area contributed by atoms with Crippen LogP contribution in [0.4, 0.5) is 0 Å². The van der Waals surface area contributed by atoms with Crippen molar-refractivity contribution in [1.82, 2.24) is 4.90 Å². The first-order chi connectivity index (χ1) is 7.18. The van der Waals surface area contributed by atoms with Crippen LogP contribution in [0.1, 0.15) is 18.9 Å². The fourth-order valence-electron chi connectivity index (χ4n) is 1.50. The predicted molar refractivity (Wildman–Crippen MR) is 65.9 cm³/mol. The molecular weight excluding hydrogens is 184 g/mol. The molecule has 0 saturated carbocycles. The van der Waals surface area contributed by atoms with E-state index in [2.05, 4.69) is 49.2 Å². The summed E-state index contributed by atoms with van der Waals surface area (Å²) in [4.78, 5) is 2.34. The van der Waals surface area contributed by atoms with Gasteiger partial charge < -0.3 is 10.6 Å². The van der Waals surface area contributed by atoms with Gasteiger partial charge in [-0.15, -0.1) is 0 Å². The molecule has 84 valence electrons. The zero-order valence-electron chi connectivity index (χ0n) is 9.82. The van der Waals surface area contributed by atoms with Crippen LogP contribution in [-0.2, 0) is 6.42 Å². The number of nitrogens with two attached hydrogens (primary N) is 1. The molecule has 0 spiro atoms. The lowest BCUT2D eigenvalue weighted by Crippen LogP contribution is -2.27. The minimum absolute atomic E-state index is 0.309. The van der Waals surface area contributed by atoms with Crippen LogP contribution < -0.4 is 5.73 Å². The van der Waals surface area contributed by atoms with Crippen molar-refractivity contribution < 1.29 is 0 Å². The van der Waals surface area contributed by atoms with Crippen molar-refractivity contribution in [2.45, 2.75) is 25.8 Å². The van der Waals surface area contributed by atoms with E-state index in [0.717, 1.165) is 25.9 Å². The summed E-state index contributed by atoms with van der Waals surface area (Å²) >= 11 is 0. The molecule has 0 aliphatic heterocycles. The molecule has 0 bridgehead atoms. The molecule has 0 aromatic heterocycles. The van der Waals surface area contributed by atoms with Crippen molar-refractivity contribution in [2.75, 3.05) is 20.1 Å². The molecule has 0 heterocycles. The number of hydrogen-bond acceptors (Lipinski definition) is 2. The Morgan fingerprint density at radius 3 is 2.47 bits per heavy atom. The molecule has 0 aliphatic rings. The van der Waals surface area contributed by atoms with E-state index in [0.29, 0.717) is 6.04 Å². The third-order valence-corrected chi connectivity index (χ3v) is 2.59. The number of likely N-dealkylation sites (N-methyl/N-ethyl adjacent to an activating group) is 1. The minimum Gasteiger partial charge on any atom is -0.328 e. The van der Waals surface area contributed by atoms with Crippen molar-refractivity contribution in [3.8, 4) is 0 Å². The Bertz CT molecular complexity index is 256. The standard InChI is InChI=1S/C13H22N2/c1-12(14)8-10-15(2)11-9-13-6-4-3-5-7-13/h3-7,12H,8-11,14H2,1-2H3/t12-/m0/s1. The molecule has 0 amide bonds. The lowest BCUT2D eigenvalue weighted by Gasteiger charge is -2.17. The van der Waals surface area contributed by atoms with Gasteiger partial charge in [0.2, 0.25) is 0 Å². The quantitative estimate of drug-likeness (QED) is 0.770. The van der Waals surface area contributed by atoms with Crippen LogP contribution in [0, 0.1) is 0 Å². The highest BCUT2D eigenvalue weighted by atomic mass is 15.1. The molecule has 1 rings (SSSR count). The summed E-state index contributed by atoms with van der Waals surface area (Å²) in [7, 11) is 2.16. The smallest absolute Gasteiger partial charge is 0.00226 e. The normalized spacial score (nSPS) is 13.1. The summed E-state index contributed by atoms with van der Waals surface area (Å²) in [6.45, 7) is 4.26. The van der Waals surface area contributed by atoms with Crippen LogP contribution in [0.15, 0.2) is 30.3 Å². The van der Waals surface area contributed by atoms with Crippen molar-refractivity contribution in [3.63, 3.8) is 0 Å².